The summed E-state index contributed by atoms with van der Waals surface area (Å²) < 4.78 is 18.1. The summed E-state index contributed by atoms with van der Waals surface area (Å²) in [5.74, 6) is 3.62. The second-order valence-electron chi connectivity index (χ2n) is 8.65. The first-order valence-corrected chi connectivity index (χ1v) is 9.44. The first-order valence-electron chi connectivity index (χ1n) is 9.44. The molecule has 10 atom stereocenters. The van der Waals surface area contributed by atoms with Crippen molar-refractivity contribution in [2.45, 2.75) is 50.6 Å². The highest BCUT2D eigenvalue weighted by atomic mass is 16.7. The molecule has 6 aliphatic rings. The van der Waals surface area contributed by atoms with Crippen molar-refractivity contribution in [3.05, 3.63) is 12.2 Å². The molecule has 2 aliphatic heterocycles. The molecule has 0 amide bonds. The lowest BCUT2D eigenvalue weighted by Gasteiger charge is -2.43. The zero-order valence-electron chi connectivity index (χ0n) is 13.3. The molecule has 4 aliphatic carbocycles. The Morgan fingerprint density at radius 1 is 1.04 bits per heavy atom. The lowest BCUT2D eigenvalue weighted by Crippen LogP contribution is -2.51. The summed E-state index contributed by atoms with van der Waals surface area (Å²) in [4.78, 5) is 12.8. The number of allylic oxidation sites excluding steroid dienone is 2. The topological polar surface area (TPSA) is 44.8 Å². The monoisotopic (exact) mass is 316 g/mol. The average Bonchev–Trinajstić information content (AvgIpc) is 3.37. The smallest absolute Gasteiger partial charge is 0.310 e. The summed E-state index contributed by atoms with van der Waals surface area (Å²) in [6, 6.07) is 0. The molecule has 124 valence electrons. The zero-order chi connectivity index (χ0) is 15.1. The third-order valence-electron chi connectivity index (χ3n) is 7.69. The molecule has 0 aromatic heterocycles. The maximum Gasteiger partial charge on any atom is 0.310 e. The van der Waals surface area contributed by atoms with Crippen molar-refractivity contribution < 1.29 is 19.0 Å². The molecule has 6 bridgehead atoms. The van der Waals surface area contributed by atoms with Crippen molar-refractivity contribution >= 4 is 5.97 Å². The van der Waals surface area contributed by atoms with Crippen molar-refractivity contribution in [1.82, 2.24) is 0 Å². The Kier molecular flexibility index (Phi) is 2.69. The van der Waals surface area contributed by atoms with E-state index >= 15 is 0 Å². The molecule has 4 heteroatoms. The first kappa shape index (κ1) is 13.4. The third-order valence-corrected chi connectivity index (χ3v) is 7.69. The van der Waals surface area contributed by atoms with Crippen LogP contribution >= 0.6 is 0 Å². The molecule has 3 saturated carbocycles. The van der Waals surface area contributed by atoms with E-state index in [2.05, 4.69) is 12.2 Å². The highest BCUT2D eigenvalue weighted by Gasteiger charge is 2.62. The van der Waals surface area contributed by atoms with Gasteiger partial charge in [-0.05, 0) is 61.7 Å². The predicted molar refractivity (Wildman–Crippen MR) is 81.1 cm³/mol. The third kappa shape index (κ3) is 1.77. The van der Waals surface area contributed by atoms with Crippen LogP contribution in [0.3, 0.4) is 0 Å². The van der Waals surface area contributed by atoms with Gasteiger partial charge in [0.15, 0.2) is 12.4 Å². The van der Waals surface area contributed by atoms with Crippen LogP contribution in [-0.4, -0.2) is 31.1 Å². The minimum absolute atomic E-state index is 0.00548. The molecule has 0 spiro atoms. The molecular weight excluding hydrogens is 292 g/mol. The maximum absolute atomic E-state index is 12.8. The van der Waals surface area contributed by atoms with Gasteiger partial charge in [0.1, 0.15) is 0 Å². The molecule has 0 radical (unpaired) electrons. The molecule has 2 heterocycles. The van der Waals surface area contributed by atoms with E-state index in [-0.39, 0.29) is 30.4 Å². The molecular formula is C19H24O4. The van der Waals surface area contributed by atoms with Crippen molar-refractivity contribution in [2.24, 2.45) is 41.4 Å². The summed E-state index contributed by atoms with van der Waals surface area (Å²) in [6.07, 6.45) is 10.3. The molecule has 5 fully saturated rings. The lowest BCUT2D eigenvalue weighted by atomic mass is 9.72. The largest absolute Gasteiger partial charge is 0.456 e. The van der Waals surface area contributed by atoms with E-state index in [0.717, 1.165) is 24.7 Å². The standard InChI is InChI=1S/C19H24O4/c20-18(13-6-9-1-2-10(13)5-9)23-17-16-12-4-3-11(7-12)15(16)14-8-21-19(17)22-14/h1-2,9-17,19H,3-8H2/t9-,10+,11-,12+,13-,14?,15?,16?,17+,19?/m0/s1. The highest BCUT2D eigenvalue weighted by Crippen LogP contribution is 2.59. The zero-order valence-corrected chi connectivity index (χ0v) is 13.3. The molecule has 4 unspecified atom stereocenters. The van der Waals surface area contributed by atoms with Crippen LogP contribution in [-0.2, 0) is 19.0 Å². The van der Waals surface area contributed by atoms with Gasteiger partial charge in [-0.1, -0.05) is 12.2 Å². The van der Waals surface area contributed by atoms with Crippen LogP contribution in [0.25, 0.3) is 0 Å². The molecule has 0 N–H and O–H groups in total. The van der Waals surface area contributed by atoms with E-state index in [9.17, 15) is 4.79 Å². The fourth-order valence-corrected chi connectivity index (χ4v) is 6.82. The van der Waals surface area contributed by atoms with E-state index in [4.69, 9.17) is 14.2 Å². The number of carbonyl (C=O) groups is 1. The van der Waals surface area contributed by atoms with Crippen molar-refractivity contribution in [3.8, 4) is 0 Å². The fraction of sp³-hybridized carbons (Fsp3) is 0.842. The van der Waals surface area contributed by atoms with Crippen LogP contribution in [0.4, 0.5) is 0 Å². The Bertz CT molecular complexity index is 572. The molecule has 6 rings (SSSR count). The van der Waals surface area contributed by atoms with E-state index in [0.29, 0.717) is 30.3 Å². The Morgan fingerprint density at radius 2 is 1.91 bits per heavy atom. The van der Waals surface area contributed by atoms with Gasteiger partial charge in [-0.2, -0.15) is 0 Å². The van der Waals surface area contributed by atoms with Crippen molar-refractivity contribution in [1.29, 1.82) is 0 Å². The van der Waals surface area contributed by atoms with Gasteiger partial charge in [-0.3, -0.25) is 4.79 Å². The summed E-state index contributed by atoms with van der Waals surface area (Å²) in [5.41, 5.74) is 0. The van der Waals surface area contributed by atoms with Gasteiger partial charge in [0.25, 0.3) is 0 Å². The minimum atomic E-state index is -0.307. The summed E-state index contributed by atoms with van der Waals surface area (Å²) in [5, 5.41) is 0. The molecule has 23 heavy (non-hydrogen) atoms. The lowest BCUT2D eigenvalue weighted by molar-refractivity contribution is -0.222. The van der Waals surface area contributed by atoms with Gasteiger partial charge in [-0.25, -0.2) is 0 Å². The number of ether oxygens (including phenoxy) is 3. The normalized spacial score (nSPS) is 57.9. The first-order chi connectivity index (χ1) is 11.3. The van der Waals surface area contributed by atoms with E-state index in [1.165, 1.54) is 19.3 Å². The average molecular weight is 316 g/mol. The van der Waals surface area contributed by atoms with E-state index in [1.54, 1.807) is 0 Å². The van der Waals surface area contributed by atoms with Crippen LogP contribution in [0.5, 0.6) is 0 Å². The summed E-state index contributed by atoms with van der Waals surface area (Å²) in [6.45, 7) is 0.694. The van der Waals surface area contributed by atoms with Gasteiger partial charge < -0.3 is 14.2 Å². The van der Waals surface area contributed by atoms with Crippen LogP contribution in [0.2, 0.25) is 0 Å². The van der Waals surface area contributed by atoms with Crippen LogP contribution < -0.4 is 0 Å². The minimum Gasteiger partial charge on any atom is -0.456 e. The molecule has 4 nitrogen and oxygen atoms in total. The molecule has 2 saturated heterocycles. The Labute approximate surface area is 136 Å². The van der Waals surface area contributed by atoms with Crippen LogP contribution in [0.15, 0.2) is 12.2 Å². The Hall–Kier alpha value is -0.870. The fourth-order valence-electron chi connectivity index (χ4n) is 6.82. The second kappa shape index (κ2) is 4.60. The van der Waals surface area contributed by atoms with E-state index < -0.39 is 0 Å². The predicted octanol–water partition coefficient (Wildman–Crippen LogP) is 2.53. The Morgan fingerprint density at radius 3 is 2.70 bits per heavy atom. The van der Waals surface area contributed by atoms with Gasteiger partial charge in [-0.15, -0.1) is 0 Å². The van der Waals surface area contributed by atoms with Crippen LogP contribution in [0, 0.1) is 41.4 Å². The summed E-state index contributed by atoms with van der Waals surface area (Å²) >= 11 is 0. The SMILES string of the molecule is O=C(O[C@H]1C2OCC(O2)C2C1[C@@H]1CC[C@H]2C1)[C@H]1C[C@H]2C=C[C@@H]1C2. The van der Waals surface area contributed by atoms with Crippen molar-refractivity contribution in [3.63, 3.8) is 0 Å². The maximum atomic E-state index is 12.8. The second-order valence-corrected chi connectivity index (χ2v) is 8.65. The number of rotatable bonds is 2. The molecule has 0 aromatic carbocycles. The van der Waals surface area contributed by atoms with E-state index in [1.807, 2.05) is 0 Å². The Balaban J connectivity index is 1.25. The van der Waals surface area contributed by atoms with Gasteiger partial charge >= 0.3 is 5.97 Å². The number of esters is 1. The number of fused-ring (bicyclic) bond motifs is 10. The number of hydrogen-bond acceptors (Lipinski definition) is 4. The van der Waals surface area contributed by atoms with Gasteiger partial charge in [0.2, 0.25) is 0 Å². The number of carbonyl (C=O) groups excluding carboxylic acids is 1. The van der Waals surface area contributed by atoms with Gasteiger partial charge in [0.05, 0.1) is 18.6 Å². The highest BCUT2D eigenvalue weighted by molar-refractivity contribution is 5.74. The van der Waals surface area contributed by atoms with Gasteiger partial charge in [0, 0.05) is 5.92 Å². The summed E-state index contributed by atoms with van der Waals surface area (Å²) in [7, 11) is 0. The van der Waals surface area contributed by atoms with Crippen molar-refractivity contribution in [2.75, 3.05) is 6.61 Å². The molecule has 0 aromatic rings. The quantitative estimate of drug-likeness (QED) is 0.580. The van der Waals surface area contributed by atoms with Crippen LogP contribution in [0.1, 0.15) is 32.1 Å². The number of hydrogen-bond donors (Lipinski definition) is 0.